The Morgan fingerprint density at radius 1 is 1.30 bits per heavy atom. The van der Waals surface area contributed by atoms with Gasteiger partial charge in [-0.1, -0.05) is 12.5 Å². The minimum atomic E-state index is -5.21. The molecule has 0 bridgehead atoms. The van der Waals surface area contributed by atoms with E-state index >= 15 is 0 Å². The van der Waals surface area contributed by atoms with Gasteiger partial charge >= 0.3 is 6.18 Å². The Morgan fingerprint density at radius 3 is 2.57 bits per heavy atom. The van der Waals surface area contributed by atoms with E-state index in [1.165, 1.54) is 18.2 Å². The molecule has 3 unspecified atom stereocenters. The molecule has 0 spiro atoms. The average Bonchev–Trinajstić information content (AvgIpc) is 2.96. The topological polar surface area (TPSA) is 92.3 Å². The zero-order valence-corrected chi connectivity index (χ0v) is 14.5. The van der Waals surface area contributed by atoms with Crippen LogP contribution in [-0.4, -0.2) is 31.6 Å². The third kappa shape index (κ3) is 4.27. The van der Waals surface area contributed by atoms with E-state index < -0.39 is 48.7 Å². The first-order valence-electron chi connectivity index (χ1n) is 7.17. The summed E-state index contributed by atoms with van der Waals surface area (Å²) in [4.78, 5) is 3.61. The average molecular weight is 407 g/mol. The number of aromatic nitrogens is 3. The van der Waals surface area contributed by atoms with E-state index in [9.17, 15) is 23.4 Å². The quantitative estimate of drug-likeness (QED) is 0.741. The van der Waals surface area contributed by atoms with E-state index in [1.54, 1.807) is 0 Å². The maximum atomic E-state index is 13.3. The Kier molecular flexibility index (Phi) is 5.60. The summed E-state index contributed by atoms with van der Waals surface area (Å²) < 4.78 is 59.4. The van der Waals surface area contributed by atoms with Crippen LogP contribution in [0.4, 0.5) is 13.2 Å². The van der Waals surface area contributed by atoms with Gasteiger partial charge in [-0.05, 0) is 13.9 Å². The van der Waals surface area contributed by atoms with Crippen molar-refractivity contribution >= 4 is 0 Å². The third-order valence-corrected chi connectivity index (χ3v) is 2.78. The van der Waals surface area contributed by atoms with E-state index in [1.807, 2.05) is 0 Å². The summed E-state index contributed by atoms with van der Waals surface area (Å²) in [5.41, 5.74) is -3.69. The van der Waals surface area contributed by atoms with Gasteiger partial charge < -0.3 is 21.6 Å². The Hall–Kier alpha value is -1.06. The molecular weight excluding hydrogens is 392 g/mol. The maximum Gasteiger partial charge on any atom is 0.426 e. The number of hydrogen-bond acceptors (Lipinski definition) is 6. The van der Waals surface area contributed by atoms with Crippen molar-refractivity contribution in [3.63, 3.8) is 0 Å². The van der Waals surface area contributed by atoms with E-state index in [0.29, 0.717) is 0 Å². The van der Waals surface area contributed by atoms with Crippen molar-refractivity contribution in [1.29, 1.82) is 0 Å². The fraction of sp³-hybridized carbons (Fsp3) is 0.385. The zero-order valence-electron chi connectivity index (χ0n) is 13.7. The molecule has 0 aliphatic carbocycles. The van der Waals surface area contributed by atoms with E-state index in [0.717, 1.165) is 0 Å². The van der Waals surface area contributed by atoms with Crippen LogP contribution in [0, 0.1) is 6.92 Å². The zero-order chi connectivity index (χ0) is 18.1. The predicted molar refractivity (Wildman–Crippen MR) is 68.4 cm³/mol. The van der Waals surface area contributed by atoms with Crippen LogP contribution in [0.3, 0.4) is 0 Å². The van der Waals surface area contributed by atoms with Crippen LogP contribution in [0.1, 0.15) is 27.8 Å². The van der Waals surface area contributed by atoms with Gasteiger partial charge in [-0.2, -0.15) is 19.6 Å². The number of pyridine rings is 1. The molecule has 0 aromatic carbocycles. The summed E-state index contributed by atoms with van der Waals surface area (Å²) in [5.74, 6) is -2.02. The summed E-state index contributed by atoms with van der Waals surface area (Å²) >= 11 is 0. The Bertz CT molecular complexity index is 717. The molecule has 0 saturated heterocycles. The molecule has 10 heteroatoms. The number of hydrogen-bond donors (Lipinski definition) is 2. The molecule has 0 amide bonds. The summed E-state index contributed by atoms with van der Waals surface area (Å²) in [6.07, 6.45) is -9.44. The van der Waals surface area contributed by atoms with Crippen molar-refractivity contribution in [2.75, 3.05) is 0 Å². The van der Waals surface area contributed by atoms with E-state index in [2.05, 4.69) is 22.1 Å². The van der Waals surface area contributed by atoms with Gasteiger partial charge in [0, 0.05) is 40.1 Å². The van der Waals surface area contributed by atoms with Crippen molar-refractivity contribution in [1.82, 2.24) is 15.2 Å². The van der Waals surface area contributed by atoms with Crippen LogP contribution in [0.5, 0.6) is 5.88 Å². The van der Waals surface area contributed by atoms with Gasteiger partial charge in [0.25, 0.3) is 11.8 Å². The first-order valence-corrected chi connectivity index (χ1v) is 6.01. The molecule has 2 N–H and O–H groups in total. The number of halogens is 3. The smallest absolute Gasteiger partial charge is 0.426 e. The van der Waals surface area contributed by atoms with Crippen LogP contribution in [0.15, 0.2) is 22.6 Å². The minimum Gasteiger partial charge on any atom is -0.493 e. The standard InChI is InChI=1S/C13H13F3N3O3.Y/c1-2-3-7-12(21,13(14,15)16)11-19-18-10(22-11)8-5-4-6-9(20)17-8;/h4-6,21H,1-3,7H2,(H,17,20);/q-1;/i2D,3D;. The van der Waals surface area contributed by atoms with Gasteiger partial charge in [0.05, 0.1) is 0 Å². The second-order valence-electron chi connectivity index (χ2n) is 4.33. The molecule has 23 heavy (non-hydrogen) atoms. The largest absolute Gasteiger partial charge is 0.493 e. The molecule has 0 fully saturated rings. The second-order valence-corrected chi connectivity index (χ2v) is 4.33. The molecule has 2 rings (SSSR count). The monoisotopic (exact) mass is 407 g/mol. The maximum absolute atomic E-state index is 13.3. The van der Waals surface area contributed by atoms with Crippen molar-refractivity contribution in [2.24, 2.45) is 0 Å². The fourth-order valence-corrected chi connectivity index (χ4v) is 1.61. The summed E-state index contributed by atoms with van der Waals surface area (Å²) in [6, 6.07) is 3.91. The molecular formula is C13H13F3N3O3Y-. The van der Waals surface area contributed by atoms with E-state index in [4.69, 9.17) is 7.16 Å². The Morgan fingerprint density at radius 2 is 2.00 bits per heavy atom. The first-order chi connectivity index (χ1) is 11.0. The van der Waals surface area contributed by atoms with Gasteiger partial charge in [-0.25, -0.2) is 4.98 Å². The van der Waals surface area contributed by atoms with Crippen LogP contribution in [0.25, 0.3) is 11.6 Å². The molecule has 0 saturated carbocycles. The first kappa shape index (κ1) is 16.8. The molecule has 2 aromatic rings. The number of aliphatic hydroxyl groups is 1. The summed E-state index contributed by atoms with van der Waals surface area (Å²) in [6.45, 7) is 3.16. The summed E-state index contributed by atoms with van der Waals surface area (Å²) in [5, 5.41) is 25.9. The number of alkyl halides is 3. The normalized spacial score (nSPS) is 18.1. The van der Waals surface area contributed by atoms with E-state index in [-0.39, 0.29) is 38.4 Å². The Balaban J connectivity index is 0.00000312. The predicted octanol–water partition coefficient (Wildman–Crippen LogP) is 2.59. The van der Waals surface area contributed by atoms with Crippen LogP contribution in [0.2, 0.25) is 0 Å². The van der Waals surface area contributed by atoms with Crippen LogP contribution < -0.4 is 0 Å². The van der Waals surface area contributed by atoms with Crippen molar-refractivity contribution in [3.8, 4) is 17.5 Å². The van der Waals surface area contributed by atoms with Crippen LogP contribution in [-0.2, 0) is 38.3 Å². The van der Waals surface area contributed by atoms with Gasteiger partial charge in [0.2, 0.25) is 11.5 Å². The molecule has 2 heterocycles. The molecule has 123 valence electrons. The number of nitrogens with zero attached hydrogens (tertiary/aromatic N) is 3. The molecule has 0 aliphatic heterocycles. The minimum absolute atomic E-state index is 0. The molecule has 3 atom stereocenters. The molecule has 1 radical (unpaired) electrons. The van der Waals surface area contributed by atoms with Crippen molar-refractivity contribution in [3.05, 3.63) is 31.0 Å². The van der Waals surface area contributed by atoms with Crippen molar-refractivity contribution < 1.29 is 63.3 Å². The van der Waals surface area contributed by atoms with Gasteiger partial charge in [0.1, 0.15) is 5.69 Å². The molecule has 2 aromatic heterocycles. The van der Waals surface area contributed by atoms with Gasteiger partial charge in [0.15, 0.2) is 0 Å². The third-order valence-electron chi connectivity index (χ3n) is 2.78. The van der Waals surface area contributed by atoms with Crippen molar-refractivity contribution in [2.45, 2.75) is 31.0 Å². The molecule has 0 aliphatic rings. The molecule has 6 nitrogen and oxygen atoms in total. The Labute approximate surface area is 157 Å². The van der Waals surface area contributed by atoms with Gasteiger partial charge in [-0.3, -0.25) is 0 Å². The summed E-state index contributed by atoms with van der Waals surface area (Å²) in [7, 11) is 0. The second kappa shape index (κ2) is 7.68. The SMILES string of the molecule is [2H]C([CH2-])C([2H])CC(O)(c1nnc(-c2cccc(O)n2)o1)C(F)(F)F.[Y]. The number of rotatable bonds is 5. The fourth-order valence-electron chi connectivity index (χ4n) is 1.61. The van der Waals surface area contributed by atoms with Gasteiger partial charge in [-0.15, -0.1) is 10.2 Å². The number of aromatic hydroxyl groups is 1. The van der Waals surface area contributed by atoms with Crippen LogP contribution >= 0.6 is 0 Å².